The SMILES string of the molecule is CCCC(NC(=O)NCC1(C)CCCC1)C(=O)O. The summed E-state index contributed by atoms with van der Waals surface area (Å²) >= 11 is 0. The first-order valence-electron chi connectivity index (χ1n) is 6.74. The monoisotopic (exact) mass is 256 g/mol. The molecule has 0 radical (unpaired) electrons. The zero-order valence-electron chi connectivity index (χ0n) is 11.3. The molecule has 1 saturated carbocycles. The van der Waals surface area contributed by atoms with E-state index in [1.54, 1.807) is 0 Å². The molecule has 1 rings (SSSR count). The van der Waals surface area contributed by atoms with Crippen molar-refractivity contribution >= 4 is 12.0 Å². The Labute approximate surface area is 108 Å². The maximum absolute atomic E-state index is 11.6. The van der Waals surface area contributed by atoms with Crippen LogP contribution in [0, 0.1) is 5.41 Å². The van der Waals surface area contributed by atoms with E-state index in [1.165, 1.54) is 12.8 Å². The molecule has 5 heteroatoms. The number of aliphatic carboxylic acids is 1. The number of carboxylic acid groups (broad SMARTS) is 1. The fourth-order valence-corrected chi connectivity index (χ4v) is 2.45. The summed E-state index contributed by atoms with van der Waals surface area (Å²) in [7, 11) is 0. The van der Waals surface area contributed by atoms with Crippen LogP contribution in [0.4, 0.5) is 4.79 Å². The maximum atomic E-state index is 11.6. The van der Waals surface area contributed by atoms with Gasteiger partial charge in [-0.15, -0.1) is 0 Å². The Morgan fingerprint density at radius 2 is 1.94 bits per heavy atom. The minimum absolute atomic E-state index is 0.181. The molecule has 0 spiro atoms. The molecular weight excluding hydrogens is 232 g/mol. The molecule has 0 aliphatic heterocycles. The number of carbonyl (C=O) groups is 2. The van der Waals surface area contributed by atoms with Gasteiger partial charge in [-0.3, -0.25) is 0 Å². The second kappa shape index (κ2) is 6.61. The van der Waals surface area contributed by atoms with E-state index in [0.29, 0.717) is 13.0 Å². The van der Waals surface area contributed by atoms with E-state index in [9.17, 15) is 9.59 Å². The first kappa shape index (κ1) is 14.8. The van der Waals surface area contributed by atoms with Gasteiger partial charge in [0.05, 0.1) is 0 Å². The van der Waals surface area contributed by atoms with Gasteiger partial charge in [-0.2, -0.15) is 0 Å². The number of hydrogen-bond acceptors (Lipinski definition) is 2. The highest BCUT2D eigenvalue weighted by atomic mass is 16.4. The Morgan fingerprint density at radius 3 is 2.44 bits per heavy atom. The Morgan fingerprint density at radius 1 is 1.33 bits per heavy atom. The highest BCUT2D eigenvalue weighted by Gasteiger charge is 2.29. The number of urea groups is 1. The van der Waals surface area contributed by atoms with E-state index >= 15 is 0 Å². The minimum atomic E-state index is -0.973. The summed E-state index contributed by atoms with van der Waals surface area (Å²) in [6.07, 6.45) is 5.88. The lowest BCUT2D eigenvalue weighted by atomic mass is 9.89. The molecule has 2 amide bonds. The highest BCUT2D eigenvalue weighted by molar-refractivity contribution is 5.82. The topological polar surface area (TPSA) is 78.4 Å². The number of nitrogens with one attached hydrogen (secondary N) is 2. The number of carboxylic acids is 1. The molecule has 1 atom stereocenters. The lowest BCUT2D eigenvalue weighted by Gasteiger charge is -2.24. The maximum Gasteiger partial charge on any atom is 0.326 e. The van der Waals surface area contributed by atoms with Gasteiger partial charge in [0.25, 0.3) is 0 Å². The Kier molecular flexibility index (Phi) is 5.44. The van der Waals surface area contributed by atoms with Gasteiger partial charge in [0.2, 0.25) is 0 Å². The zero-order chi connectivity index (χ0) is 13.6. The lowest BCUT2D eigenvalue weighted by Crippen LogP contribution is -2.48. The van der Waals surface area contributed by atoms with E-state index in [4.69, 9.17) is 5.11 Å². The third kappa shape index (κ3) is 4.55. The van der Waals surface area contributed by atoms with Gasteiger partial charge in [0, 0.05) is 6.54 Å². The molecule has 1 aliphatic rings. The summed E-state index contributed by atoms with van der Waals surface area (Å²) < 4.78 is 0. The Balaban J connectivity index is 2.33. The average molecular weight is 256 g/mol. The van der Waals surface area contributed by atoms with E-state index in [2.05, 4.69) is 17.6 Å². The highest BCUT2D eigenvalue weighted by Crippen LogP contribution is 2.36. The van der Waals surface area contributed by atoms with Crippen molar-refractivity contribution in [2.24, 2.45) is 5.41 Å². The third-order valence-electron chi connectivity index (χ3n) is 3.67. The largest absolute Gasteiger partial charge is 0.480 e. The van der Waals surface area contributed by atoms with Gasteiger partial charge in [-0.1, -0.05) is 33.1 Å². The molecule has 18 heavy (non-hydrogen) atoms. The fourth-order valence-electron chi connectivity index (χ4n) is 2.45. The molecule has 1 fully saturated rings. The molecular formula is C13H24N2O3. The van der Waals surface area contributed by atoms with Crippen molar-refractivity contribution in [2.45, 2.75) is 58.4 Å². The van der Waals surface area contributed by atoms with Gasteiger partial charge in [0.15, 0.2) is 0 Å². The van der Waals surface area contributed by atoms with Crippen LogP contribution >= 0.6 is 0 Å². The third-order valence-corrected chi connectivity index (χ3v) is 3.67. The number of hydrogen-bond donors (Lipinski definition) is 3. The molecule has 0 aromatic rings. The van der Waals surface area contributed by atoms with E-state index in [1.807, 2.05) is 6.92 Å². The lowest BCUT2D eigenvalue weighted by molar-refractivity contribution is -0.139. The normalized spacial score (nSPS) is 19.2. The molecule has 5 nitrogen and oxygen atoms in total. The van der Waals surface area contributed by atoms with E-state index < -0.39 is 12.0 Å². The van der Waals surface area contributed by atoms with Crippen LogP contribution in [0.2, 0.25) is 0 Å². The smallest absolute Gasteiger partial charge is 0.326 e. The Bertz CT molecular complexity index is 299. The van der Waals surface area contributed by atoms with E-state index in [-0.39, 0.29) is 11.4 Å². The average Bonchev–Trinajstić information content (AvgIpc) is 2.73. The molecule has 0 saturated heterocycles. The van der Waals surface area contributed by atoms with Crippen LogP contribution in [0.5, 0.6) is 0 Å². The molecule has 0 bridgehead atoms. The zero-order valence-corrected chi connectivity index (χ0v) is 11.3. The number of carbonyl (C=O) groups excluding carboxylic acids is 1. The standard InChI is InChI=1S/C13H24N2O3/c1-3-6-10(11(16)17)15-12(18)14-9-13(2)7-4-5-8-13/h10H,3-9H2,1-2H3,(H,16,17)(H2,14,15,18). The van der Waals surface area contributed by atoms with Crippen molar-refractivity contribution in [3.05, 3.63) is 0 Å². The van der Waals surface area contributed by atoms with Gasteiger partial charge in [-0.05, 0) is 24.7 Å². The van der Waals surface area contributed by atoms with Gasteiger partial charge in [-0.25, -0.2) is 9.59 Å². The summed E-state index contributed by atoms with van der Waals surface area (Å²) in [6, 6.07) is -1.16. The first-order chi connectivity index (χ1) is 8.47. The summed E-state index contributed by atoms with van der Waals surface area (Å²) in [5.74, 6) is -0.973. The van der Waals surface area contributed by atoms with Crippen molar-refractivity contribution < 1.29 is 14.7 Å². The molecule has 1 aliphatic carbocycles. The molecule has 0 heterocycles. The second-order valence-corrected chi connectivity index (χ2v) is 5.52. The molecule has 104 valence electrons. The van der Waals surface area contributed by atoms with Crippen LogP contribution in [-0.2, 0) is 4.79 Å². The van der Waals surface area contributed by atoms with Crippen LogP contribution in [0.1, 0.15) is 52.4 Å². The minimum Gasteiger partial charge on any atom is -0.480 e. The molecule has 0 aromatic carbocycles. The predicted octanol–water partition coefficient (Wildman–Crippen LogP) is 2.12. The van der Waals surface area contributed by atoms with Crippen LogP contribution in [0.3, 0.4) is 0 Å². The second-order valence-electron chi connectivity index (χ2n) is 5.52. The number of amides is 2. The molecule has 1 unspecified atom stereocenters. The summed E-state index contributed by atoms with van der Waals surface area (Å²) in [5, 5.41) is 14.2. The van der Waals surface area contributed by atoms with Crippen molar-refractivity contribution in [3.8, 4) is 0 Å². The summed E-state index contributed by atoms with van der Waals surface area (Å²) in [6.45, 7) is 4.69. The molecule has 3 N–H and O–H groups in total. The van der Waals surface area contributed by atoms with Crippen molar-refractivity contribution in [1.82, 2.24) is 10.6 Å². The predicted molar refractivity (Wildman–Crippen MR) is 69.4 cm³/mol. The van der Waals surface area contributed by atoms with Crippen molar-refractivity contribution in [2.75, 3.05) is 6.54 Å². The van der Waals surface area contributed by atoms with Crippen molar-refractivity contribution in [3.63, 3.8) is 0 Å². The van der Waals surface area contributed by atoms with Gasteiger partial charge in [0.1, 0.15) is 6.04 Å². The van der Waals surface area contributed by atoms with Crippen LogP contribution in [0.25, 0.3) is 0 Å². The molecule has 0 aromatic heterocycles. The Hall–Kier alpha value is -1.26. The number of rotatable bonds is 6. The van der Waals surface area contributed by atoms with Crippen LogP contribution < -0.4 is 10.6 Å². The van der Waals surface area contributed by atoms with Gasteiger partial charge < -0.3 is 15.7 Å². The van der Waals surface area contributed by atoms with Gasteiger partial charge >= 0.3 is 12.0 Å². The first-order valence-corrected chi connectivity index (χ1v) is 6.74. The summed E-state index contributed by atoms with van der Waals surface area (Å²) in [5.41, 5.74) is 0.181. The van der Waals surface area contributed by atoms with Crippen LogP contribution in [0.15, 0.2) is 0 Å². The van der Waals surface area contributed by atoms with Crippen LogP contribution in [-0.4, -0.2) is 29.7 Å². The summed E-state index contributed by atoms with van der Waals surface area (Å²) in [4.78, 5) is 22.6. The van der Waals surface area contributed by atoms with E-state index in [0.717, 1.165) is 19.3 Å². The van der Waals surface area contributed by atoms with Crippen molar-refractivity contribution in [1.29, 1.82) is 0 Å². The fraction of sp³-hybridized carbons (Fsp3) is 0.846. The quantitative estimate of drug-likeness (QED) is 0.681.